The summed E-state index contributed by atoms with van der Waals surface area (Å²) in [5.41, 5.74) is 2.42. The maximum atomic E-state index is 3.50. The van der Waals surface area contributed by atoms with Crippen LogP contribution in [0.1, 0.15) is 5.69 Å². The minimum absolute atomic E-state index is 0.839. The highest BCUT2D eigenvalue weighted by molar-refractivity contribution is 9.10. The molecule has 0 unspecified atom stereocenters. The van der Waals surface area contributed by atoms with Crippen molar-refractivity contribution in [1.82, 2.24) is 4.57 Å². The molecule has 0 saturated carbocycles. The van der Waals surface area contributed by atoms with Gasteiger partial charge in [0.25, 0.3) is 0 Å². The molecule has 0 fully saturated rings. The highest BCUT2D eigenvalue weighted by Gasteiger charge is 1.99. The van der Waals surface area contributed by atoms with E-state index in [0.29, 0.717) is 0 Å². The van der Waals surface area contributed by atoms with Crippen LogP contribution in [0, 0.1) is 0 Å². The molecule has 19 heavy (non-hydrogen) atoms. The fraction of sp³-hybridized carbons (Fsp3) is 0.125. The lowest BCUT2D eigenvalue weighted by Crippen LogP contribution is -2.03. The first kappa shape index (κ1) is 12.3. The highest BCUT2D eigenvalue weighted by Crippen LogP contribution is 2.23. The van der Waals surface area contributed by atoms with Gasteiger partial charge >= 0.3 is 0 Å². The predicted molar refractivity (Wildman–Crippen MR) is 84.4 cm³/mol. The van der Waals surface area contributed by atoms with Crippen molar-refractivity contribution in [2.45, 2.75) is 6.54 Å². The van der Waals surface area contributed by atoms with Gasteiger partial charge in [0.05, 0.1) is 6.54 Å². The van der Waals surface area contributed by atoms with Gasteiger partial charge in [0.15, 0.2) is 0 Å². The van der Waals surface area contributed by atoms with E-state index in [1.165, 1.54) is 16.5 Å². The molecule has 1 heterocycles. The monoisotopic (exact) mass is 314 g/mol. The molecule has 2 nitrogen and oxygen atoms in total. The second kappa shape index (κ2) is 5.10. The third-order valence-corrected chi connectivity index (χ3v) is 3.82. The lowest BCUT2D eigenvalue weighted by molar-refractivity contribution is 0.842. The standard InChI is InChI=1S/C16H15BrN2/c1-19-8-2-3-16(19)11-18-15-7-5-12-9-14(17)6-4-13(12)10-15/h2-10,18H,11H2,1H3. The Morgan fingerprint density at radius 1 is 1.05 bits per heavy atom. The molecule has 96 valence electrons. The summed E-state index contributed by atoms with van der Waals surface area (Å²) >= 11 is 3.50. The number of nitrogens with one attached hydrogen (secondary N) is 1. The quantitative estimate of drug-likeness (QED) is 0.750. The summed E-state index contributed by atoms with van der Waals surface area (Å²) in [6, 6.07) is 17.0. The average molecular weight is 315 g/mol. The SMILES string of the molecule is Cn1cccc1CNc1ccc2cc(Br)ccc2c1. The van der Waals surface area contributed by atoms with E-state index in [1.807, 2.05) is 0 Å². The number of rotatable bonds is 3. The molecule has 2 aromatic carbocycles. The Kier molecular flexibility index (Phi) is 3.30. The van der Waals surface area contributed by atoms with Gasteiger partial charge < -0.3 is 9.88 Å². The Morgan fingerprint density at radius 2 is 1.84 bits per heavy atom. The van der Waals surface area contributed by atoms with E-state index in [-0.39, 0.29) is 0 Å². The molecule has 3 aromatic rings. The second-order valence-electron chi connectivity index (χ2n) is 4.67. The van der Waals surface area contributed by atoms with Gasteiger partial charge in [0, 0.05) is 29.1 Å². The number of halogens is 1. The number of benzene rings is 2. The van der Waals surface area contributed by atoms with Gasteiger partial charge in [-0.05, 0) is 47.2 Å². The van der Waals surface area contributed by atoms with Crippen molar-refractivity contribution >= 4 is 32.4 Å². The lowest BCUT2D eigenvalue weighted by Gasteiger charge is -2.09. The van der Waals surface area contributed by atoms with E-state index >= 15 is 0 Å². The van der Waals surface area contributed by atoms with E-state index in [0.717, 1.165) is 16.7 Å². The van der Waals surface area contributed by atoms with Crippen molar-refractivity contribution in [2.75, 3.05) is 5.32 Å². The first-order valence-corrected chi connectivity index (χ1v) is 7.05. The fourth-order valence-corrected chi connectivity index (χ4v) is 2.58. The molecule has 0 amide bonds. The number of hydrogen-bond donors (Lipinski definition) is 1. The summed E-state index contributed by atoms with van der Waals surface area (Å²) in [6.45, 7) is 0.839. The summed E-state index contributed by atoms with van der Waals surface area (Å²) < 4.78 is 3.25. The van der Waals surface area contributed by atoms with Crippen molar-refractivity contribution in [3.05, 3.63) is 64.9 Å². The van der Waals surface area contributed by atoms with Crippen LogP contribution >= 0.6 is 15.9 Å². The first-order chi connectivity index (χ1) is 9.22. The molecule has 0 atom stereocenters. The van der Waals surface area contributed by atoms with Crippen LogP contribution in [0.4, 0.5) is 5.69 Å². The molecule has 0 aliphatic rings. The van der Waals surface area contributed by atoms with Crippen molar-refractivity contribution in [1.29, 1.82) is 0 Å². The van der Waals surface area contributed by atoms with Gasteiger partial charge in [-0.1, -0.05) is 28.1 Å². The number of aryl methyl sites for hydroxylation is 1. The molecule has 0 spiro atoms. The Labute approximate surface area is 121 Å². The molecular formula is C16H15BrN2. The molecule has 0 radical (unpaired) electrons. The van der Waals surface area contributed by atoms with Crippen LogP contribution in [0.3, 0.4) is 0 Å². The molecule has 0 bridgehead atoms. The van der Waals surface area contributed by atoms with Crippen molar-refractivity contribution in [2.24, 2.45) is 7.05 Å². The summed E-state index contributed by atoms with van der Waals surface area (Å²) in [5.74, 6) is 0. The lowest BCUT2D eigenvalue weighted by atomic mass is 10.1. The second-order valence-corrected chi connectivity index (χ2v) is 5.59. The van der Waals surface area contributed by atoms with Crippen LogP contribution in [0.25, 0.3) is 10.8 Å². The summed E-state index contributed by atoms with van der Waals surface area (Å²) in [6.07, 6.45) is 2.06. The molecule has 3 heteroatoms. The zero-order valence-electron chi connectivity index (χ0n) is 10.7. The van der Waals surface area contributed by atoms with E-state index < -0.39 is 0 Å². The zero-order valence-corrected chi connectivity index (χ0v) is 12.3. The molecule has 0 aliphatic carbocycles. The van der Waals surface area contributed by atoms with E-state index in [9.17, 15) is 0 Å². The molecule has 0 aliphatic heterocycles. The number of hydrogen-bond acceptors (Lipinski definition) is 1. The molecule has 1 N–H and O–H groups in total. The van der Waals surface area contributed by atoms with Crippen LogP contribution in [0.15, 0.2) is 59.2 Å². The molecular weight excluding hydrogens is 300 g/mol. The smallest absolute Gasteiger partial charge is 0.0553 e. The summed E-state index contributed by atoms with van der Waals surface area (Å²) in [7, 11) is 2.06. The van der Waals surface area contributed by atoms with Gasteiger partial charge in [-0.3, -0.25) is 0 Å². The maximum Gasteiger partial charge on any atom is 0.0553 e. The van der Waals surface area contributed by atoms with Crippen molar-refractivity contribution in [3.63, 3.8) is 0 Å². The Hall–Kier alpha value is -1.74. The molecule has 0 saturated heterocycles. The minimum Gasteiger partial charge on any atom is -0.379 e. The van der Waals surface area contributed by atoms with Gasteiger partial charge in [0.1, 0.15) is 0 Å². The average Bonchev–Trinajstić information content (AvgIpc) is 2.82. The van der Waals surface area contributed by atoms with Crippen LogP contribution in [0.5, 0.6) is 0 Å². The van der Waals surface area contributed by atoms with E-state index in [1.54, 1.807) is 0 Å². The minimum atomic E-state index is 0.839. The van der Waals surface area contributed by atoms with Gasteiger partial charge in [-0.15, -0.1) is 0 Å². The topological polar surface area (TPSA) is 17.0 Å². The molecule has 3 rings (SSSR count). The third kappa shape index (κ3) is 2.66. The maximum absolute atomic E-state index is 3.50. The summed E-state index contributed by atoms with van der Waals surface area (Å²) in [4.78, 5) is 0. The number of fused-ring (bicyclic) bond motifs is 1. The van der Waals surface area contributed by atoms with Crippen LogP contribution in [0.2, 0.25) is 0 Å². The van der Waals surface area contributed by atoms with Gasteiger partial charge in [0.2, 0.25) is 0 Å². The Balaban J connectivity index is 1.82. The fourth-order valence-electron chi connectivity index (χ4n) is 2.20. The normalized spacial score (nSPS) is 10.8. The van der Waals surface area contributed by atoms with Crippen LogP contribution < -0.4 is 5.32 Å². The van der Waals surface area contributed by atoms with Gasteiger partial charge in [-0.25, -0.2) is 0 Å². The Morgan fingerprint density at radius 3 is 2.63 bits per heavy atom. The van der Waals surface area contributed by atoms with Crippen molar-refractivity contribution < 1.29 is 0 Å². The number of anilines is 1. The predicted octanol–water partition coefficient (Wildman–Crippen LogP) is 4.55. The van der Waals surface area contributed by atoms with Gasteiger partial charge in [-0.2, -0.15) is 0 Å². The molecule has 1 aromatic heterocycles. The first-order valence-electron chi connectivity index (χ1n) is 6.26. The van der Waals surface area contributed by atoms with Crippen LogP contribution in [-0.4, -0.2) is 4.57 Å². The zero-order chi connectivity index (χ0) is 13.2. The van der Waals surface area contributed by atoms with E-state index in [2.05, 4.69) is 87.6 Å². The highest BCUT2D eigenvalue weighted by atomic mass is 79.9. The Bertz CT molecular complexity index is 716. The summed E-state index contributed by atoms with van der Waals surface area (Å²) in [5, 5.41) is 5.96. The van der Waals surface area contributed by atoms with E-state index in [4.69, 9.17) is 0 Å². The third-order valence-electron chi connectivity index (χ3n) is 3.33. The number of nitrogens with zero attached hydrogens (tertiary/aromatic N) is 1. The number of aromatic nitrogens is 1. The van der Waals surface area contributed by atoms with Crippen LogP contribution in [-0.2, 0) is 13.6 Å². The van der Waals surface area contributed by atoms with Crippen molar-refractivity contribution in [3.8, 4) is 0 Å². The largest absolute Gasteiger partial charge is 0.379 e.